The van der Waals surface area contributed by atoms with Crippen molar-refractivity contribution < 1.29 is 5.11 Å². The quantitative estimate of drug-likeness (QED) is 0.769. The minimum absolute atomic E-state index is 0.585. The Morgan fingerprint density at radius 3 is 2.74 bits per heavy atom. The van der Waals surface area contributed by atoms with Crippen molar-refractivity contribution in [1.82, 2.24) is 0 Å². The Kier molecular flexibility index (Phi) is 4.67. The summed E-state index contributed by atoms with van der Waals surface area (Å²) in [5.74, 6) is 0.823. The molecule has 1 aliphatic carbocycles. The van der Waals surface area contributed by atoms with E-state index in [4.69, 9.17) is 0 Å². The highest BCUT2D eigenvalue weighted by atomic mass is 16.3. The van der Waals surface area contributed by atoms with Crippen LogP contribution in [0.15, 0.2) is 18.2 Å². The van der Waals surface area contributed by atoms with Crippen LogP contribution in [0.5, 0.6) is 0 Å². The Hall–Kier alpha value is -0.820. The average Bonchev–Trinajstić information content (AvgIpc) is 2.56. The Labute approximate surface area is 118 Å². The summed E-state index contributed by atoms with van der Waals surface area (Å²) in [7, 11) is 0. The highest BCUT2D eigenvalue weighted by molar-refractivity contribution is 5.35. The van der Waals surface area contributed by atoms with E-state index in [1.54, 1.807) is 0 Å². The zero-order chi connectivity index (χ0) is 13.9. The molecule has 0 bridgehead atoms. The van der Waals surface area contributed by atoms with E-state index in [-0.39, 0.29) is 0 Å². The second-order valence-corrected chi connectivity index (χ2v) is 6.44. The van der Waals surface area contributed by atoms with Gasteiger partial charge in [-0.3, -0.25) is 0 Å². The van der Waals surface area contributed by atoms with Crippen LogP contribution in [0.25, 0.3) is 0 Å². The maximum atomic E-state index is 11.1. The molecule has 106 valence electrons. The third-order valence-corrected chi connectivity index (χ3v) is 4.76. The van der Waals surface area contributed by atoms with Gasteiger partial charge in [0.1, 0.15) is 0 Å². The first kappa shape index (κ1) is 14.6. The van der Waals surface area contributed by atoms with E-state index in [0.717, 1.165) is 25.2 Å². The van der Waals surface area contributed by atoms with Gasteiger partial charge in [-0.1, -0.05) is 49.9 Å². The van der Waals surface area contributed by atoms with Gasteiger partial charge in [0.25, 0.3) is 0 Å². The summed E-state index contributed by atoms with van der Waals surface area (Å²) in [5, 5.41) is 11.1. The number of hydrogen-bond acceptors (Lipinski definition) is 1. The van der Waals surface area contributed by atoms with Gasteiger partial charge in [-0.25, -0.2) is 0 Å². The maximum absolute atomic E-state index is 11.1. The van der Waals surface area contributed by atoms with Crippen molar-refractivity contribution in [1.29, 1.82) is 0 Å². The first-order chi connectivity index (χ1) is 9.05. The van der Waals surface area contributed by atoms with Crippen molar-refractivity contribution in [2.24, 2.45) is 5.92 Å². The molecule has 2 rings (SSSR count). The van der Waals surface area contributed by atoms with Crippen LogP contribution in [-0.2, 0) is 5.60 Å². The molecule has 0 aliphatic heterocycles. The number of aryl methyl sites for hydroxylation is 2. The first-order valence-corrected chi connectivity index (χ1v) is 7.85. The monoisotopic (exact) mass is 260 g/mol. The maximum Gasteiger partial charge on any atom is 0.0899 e. The molecule has 1 aromatic carbocycles. The number of benzene rings is 1. The summed E-state index contributed by atoms with van der Waals surface area (Å²) in [5.41, 5.74) is 3.08. The zero-order valence-corrected chi connectivity index (χ0v) is 12.7. The molecule has 1 fully saturated rings. The highest BCUT2D eigenvalue weighted by Crippen LogP contribution is 2.40. The van der Waals surface area contributed by atoms with Gasteiger partial charge in [-0.15, -0.1) is 0 Å². The fourth-order valence-electron chi connectivity index (χ4n) is 3.60. The van der Waals surface area contributed by atoms with Gasteiger partial charge >= 0.3 is 0 Å². The molecule has 19 heavy (non-hydrogen) atoms. The fraction of sp³-hybridized carbons (Fsp3) is 0.667. The molecular formula is C18H28O. The Bertz CT molecular complexity index is 424. The predicted octanol–water partition coefficient (Wildman–Crippen LogP) is 4.87. The van der Waals surface area contributed by atoms with Gasteiger partial charge in [0.05, 0.1) is 5.60 Å². The van der Waals surface area contributed by atoms with Gasteiger partial charge < -0.3 is 5.11 Å². The van der Waals surface area contributed by atoms with Crippen molar-refractivity contribution in [3.63, 3.8) is 0 Å². The average molecular weight is 260 g/mol. The minimum Gasteiger partial charge on any atom is -0.385 e. The molecule has 0 heterocycles. The van der Waals surface area contributed by atoms with Crippen molar-refractivity contribution in [2.75, 3.05) is 0 Å². The van der Waals surface area contributed by atoms with E-state index < -0.39 is 5.60 Å². The van der Waals surface area contributed by atoms with Gasteiger partial charge in [0.15, 0.2) is 0 Å². The predicted molar refractivity (Wildman–Crippen MR) is 81.3 cm³/mol. The summed E-state index contributed by atoms with van der Waals surface area (Å²) in [6, 6.07) is 6.48. The topological polar surface area (TPSA) is 20.2 Å². The summed E-state index contributed by atoms with van der Waals surface area (Å²) in [6.45, 7) is 6.51. The molecule has 1 nitrogen and oxygen atoms in total. The molecule has 1 heteroatoms. The minimum atomic E-state index is -0.585. The van der Waals surface area contributed by atoms with Crippen LogP contribution in [-0.4, -0.2) is 5.11 Å². The molecule has 0 radical (unpaired) electrons. The lowest BCUT2D eigenvalue weighted by Crippen LogP contribution is -2.26. The van der Waals surface area contributed by atoms with Gasteiger partial charge in [0, 0.05) is 0 Å². The molecular weight excluding hydrogens is 232 g/mol. The summed E-state index contributed by atoms with van der Waals surface area (Å²) < 4.78 is 0. The third-order valence-electron chi connectivity index (χ3n) is 4.76. The van der Waals surface area contributed by atoms with E-state index in [2.05, 4.69) is 39.0 Å². The van der Waals surface area contributed by atoms with Gasteiger partial charge in [-0.2, -0.15) is 0 Å². The largest absolute Gasteiger partial charge is 0.385 e. The lowest BCUT2D eigenvalue weighted by molar-refractivity contribution is 0.0189. The van der Waals surface area contributed by atoms with Crippen LogP contribution in [0.1, 0.15) is 68.6 Å². The summed E-state index contributed by atoms with van der Waals surface area (Å²) >= 11 is 0. The normalized spacial score (nSPS) is 28.1. The molecule has 0 aromatic heterocycles. The molecule has 1 saturated carbocycles. The van der Waals surface area contributed by atoms with E-state index in [9.17, 15) is 5.11 Å². The van der Waals surface area contributed by atoms with Crippen LogP contribution in [0, 0.1) is 19.8 Å². The molecule has 1 aromatic rings. The van der Waals surface area contributed by atoms with Gasteiger partial charge in [-0.05, 0) is 56.6 Å². The second-order valence-electron chi connectivity index (χ2n) is 6.44. The van der Waals surface area contributed by atoms with Crippen LogP contribution in [0.3, 0.4) is 0 Å². The second kappa shape index (κ2) is 6.09. The summed E-state index contributed by atoms with van der Waals surface area (Å²) in [6.07, 6.45) is 8.09. The van der Waals surface area contributed by atoms with Crippen LogP contribution in [0.2, 0.25) is 0 Å². The molecule has 0 saturated heterocycles. The highest BCUT2D eigenvalue weighted by Gasteiger charge is 2.33. The lowest BCUT2D eigenvalue weighted by atomic mass is 9.83. The zero-order valence-electron chi connectivity index (χ0n) is 12.7. The molecule has 1 N–H and O–H groups in total. The SMILES string of the molecule is CCCC1CCCC(O)(c2cc(C)ccc2C)CC1. The fourth-order valence-corrected chi connectivity index (χ4v) is 3.60. The van der Waals surface area contributed by atoms with Crippen molar-refractivity contribution in [2.45, 2.75) is 71.3 Å². The Balaban J connectivity index is 2.20. The van der Waals surface area contributed by atoms with E-state index >= 15 is 0 Å². The number of hydrogen-bond donors (Lipinski definition) is 1. The van der Waals surface area contributed by atoms with E-state index in [0.29, 0.717) is 0 Å². The van der Waals surface area contributed by atoms with Crippen molar-refractivity contribution in [3.05, 3.63) is 34.9 Å². The molecule has 1 aliphatic rings. The Morgan fingerprint density at radius 1 is 1.21 bits per heavy atom. The molecule has 2 unspecified atom stereocenters. The van der Waals surface area contributed by atoms with Crippen molar-refractivity contribution in [3.8, 4) is 0 Å². The smallest absolute Gasteiger partial charge is 0.0899 e. The lowest BCUT2D eigenvalue weighted by Gasteiger charge is -2.29. The standard InChI is InChI=1S/C18H28O/c1-4-6-16-7-5-11-18(19,12-10-16)17-13-14(2)8-9-15(17)3/h8-9,13,16,19H,4-7,10-12H2,1-3H3. The molecule has 2 atom stereocenters. The van der Waals surface area contributed by atoms with E-state index in [1.807, 2.05) is 0 Å². The molecule has 0 amide bonds. The third kappa shape index (κ3) is 3.39. The van der Waals surface area contributed by atoms with Gasteiger partial charge in [0.2, 0.25) is 0 Å². The van der Waals surface area contributed by atoms with Crippen LogP contribution < -0.4 is 0 Å². The van der Waals surface area contributed by atoms with Crippen molar-refractivity contribution >= 4 is 0 Å². The number of rotatable bonds is 3. The number of aliphatic hydroxyl groups is 1. The van der Waals surface area contributed by atoms with Crippen LogP contribution >= 0.6 is 0 Å². The molecule has 0 spiro atoms. The summed E-state index contributed by atoms with van der Waals surface area (Å²) in [4.78, 5) is 0. The Morgan fingerprint density at radius 2 is 2.00 bits per heavy atom. The first-order valence-electron chi connectivity index (χ1n) is 7.85. The van der Waals surface area contributed by atoms with E-state index in [1.165, 1.54) is 42.4 Å². The van der Waals surface area contributed by atoms with Crippen LogP contribution in [0.4, 0.5) is 0 Å².